The second-order valence-electron chi connectivity index (χ2n) is 4.46. The molecule has 19 heavy (non-hydrogen) atoms. The van der Waals surface area contributed by atoms with E-state index in [0.29, 0.717) is 12.1 Å². The van der Waals surface area contributed by atoms with Crippen molar-refractivity contribution in [2.24, 2.45) is 5.73 Å². The molecule has 0 aliphatic heterocycles. The first-order valence-electron chi connectivity index (χ1n) is 5.87. The van der Waals surface area contributed by atoms with Crippen LogP contribution < -0.4 is 5.73 Å². The molecule has 0 spiro atoms. The number of hydrogen-bond acceptors (Lipinski definition) is 2. The maximum absolute atomic E-state index is 12.4. The third-order valence-electron chi connectivity index (χ3n) is 3.03. The first-order valence-corrected chi connectivity index (χ1v) is 5.87. The van der Waals surface area contributed by atoms with E-state index in [4.69, 9.17) is 5.73 Å². The van der Waals surface area contributed by atoms with Crippen molar-refractivity contribution < 1.29 is 18.0 Å². The minimum atomic E-state index is -4.35. The Morgan fingerprint density at radius 2 is 1.84 bits per heavy atom. The smallest absolute Gasteiger partial charge is 0.341 e. The number of rotatable bonds is 4. The maximum Gasteiger partial charge on any atom is 0.416 e. The molecule has 1 atom stereocenters. The molecule has 0 bridgehead atoms. The van der Waals surface area contributed by atoms with Gasteiger partial charge in [-0.25, -0.2) is 0 Å². The fraction of sp³-hybridized carbons (Fsp3) is 0.462. The summed E-state index contributed by atoms with van der Waals surface area (Å²) in [6, 6.07) is 4.51. The minimum absolute atomic E-state index is 0.0684. The molecule has 6 heteroatoms. The second-order valence-corrected chi connectivity index (χ2v) is 4.46. The van der Waals surface area contributed by atoms with Gasteiger partial charge < -0.3 is 10.6 Å². The van der Waals surface area contributed by atoms with Gasteiger partial charge in [-0.05, 0) is 24.6 Å². The number of benzene rings is 1. The number of hydrogen-bond donors (Lipinski definition) is 1. The summed E-state index contributed by atoms with van der Waals surface area (Å²) in [5, 5.41) is 0. The van der Waals surface area contributed by atoms with Crippen molar-refractivity contribution in [3.8, 4) is 0 Å². The maximum atomic E-state index is 12.4. The van der Waals surface area contributed by atoms with Gasteiger partial charge in [-0.2, -0.15) is 13.2 Å². The number of likely N-dealkylation sites (N-methyl/N-ethyl adjacent to an activating group) is 1. The van der Waals surface area contributed by atoms with Gasteiger partial charge in [-0.3, -0.25) is 4.79 Å². The molecule has 0 aliphatic rings. The lowest BCUT2D eigenvalue weighted by molar-refractivity contribution is -0.137. The number of nitrogens with zero attached hydrogens (tertiary/aromatic N) is 1. The lowest BCUT2D eigenvalue weighted by atomic mass is 10.1. The number of halogens is 3. The van der Waals surface area contributed by atoms with Crippen molar-refractivity contribution in [2.45, 2.75) is 25.6 Å². The molecule has 106 valence electrons. The molecular weight excluding hydrogens is 257 g/mol. The summed E-state index contributed by atoms with van der Waals surface area (Å²) in [6.07, 6.45) is -4.29. The Balaban J connectivity index is 2.71. The number of nitrogens with two attached hydrogens (primary N) is 1. The Hall–Kier alpha value is -1.56. The lowest BCUT2D eigenvalue weighted by Crippen LogP contribution is -2.40. The third-order valence-corrected chi connectivity index (χ3v) is 3.03. The van der Waals surface area contributed by atoms with Crippen molar-refractivity contribution in [1.29, 1.82) is 0 Å². The average Bonchev–Trinajstić information content (AvgIpc) is 2.36. The van der Waals surface area contributed by atoms with Crippen LogP contribution in [0, 0.1) is 0 Å². The van der Waals surface area contributed by atoms with Crippen LogP contribution in [0.2, 0.25) is 0 Å². The molecule has 0 aliphatic carbocycles. The Kier molecular flexibility index (Phi) is 4.94. The molecule has 0 aromatic heterocycles. The van der Waals surface area contributed by atoms with Gasteiger partial charge in [0, 0.05) is 19.6 Å². The normalized spacial score (nSPS) is 13.2. The first kappa shape index (κ1) is 15.5. The molecule has 0 heterocycles. The van der Waals surface area contributed by atoms with Crippen molar-refractivity contribution in [1.82, 2.24) is 4.90 Å². The summed E-state index contributed by atoms with van der Waals surface area (Å²) in [4.78, 5) is 13.3. The van der Waals surface area contributed by atoms with Crippen molar-refractivity contribution >= 4 is 5.91 Å². The SMILES string of the molecule is CC(CN)N(C)C(=O)Cc1ccc(C(F)(F)F)cc1. The minimum Gasteiger partial charge on any atom is -0.341 e. The molecule has 0 fully saturated rings. The molecule has 1 unspecified atom stereocenters. The Labute approximate surface area is 110 Å². The Bertz CT molecular complexity index is 429. The van der Waals surface area contributed by atoms with Crippen LogP contribution in [0.1, 0.15) is 18.1 Å². The van der Waals surface area contributed by atoms with Crippen molar-refractivity contribution in [3.63, 3.8) is 0 Å². The predicted molar refractivity (Wildman–Crippen MR) is 66.4 cm³/mol. The van der Waals surface area contributed by atoms with E-state index in [1.54, 1.807) is 7.05 Å². The highest BCUT2D eigenvalue weighted by Crippen LogP contribution is 2.29. The Morgan fingerprint density at radius 3 is 2.26 bits per heavy atom. The van der Waals surface area contributed by atoms with E-state index >= 15 is 0 Å². The largest absolute Gasteiger partial charge is 0.416 e. The van der Waals surface area contributed by atoms with E-state index in [0.717, 1.165) is 12.1 Å². The number of amides is 1. The summed E-state index contributed by atoms with van der Waals surface area (Å²) >= 11 is 0. The number of carbonyl (C=O) groups excluding carboxylic acids is 1. The van der Waals surface area contributed by atoms with Crippen molar-refractivity contribution in [3.05, 3.63) is 35.4 Å². The van der Waals surface area contributed by atoms with Gasteiger partial charge in [0.25, 0.3) is 0 Å². The van der Waals surface area contributed by atoms with Crippen LogP contribution in [0.15, 0.2) is 24.3 Å². The van der Waals surface area contributed by atoms with Gasteiger partial charge in [0.15, 0.2) is 0 Å². The molecule has 0 saturated heterocycles. The van der Waals surface area contributed by atoms with Crippen LogP contribution in [0.3, 0.4) is 0 Å². The molecule has 1 aromatic carbocycles. The quantitative estimate of drug-likeness (QED) is 0.913. The summed E-state index contributed by atoms with van der Waals surface area (Å²) in [6.45, 7) is 2.15. The van der Waals surface area contributed by atoms with Gasteiger partial charge in [-0.15, -0.1) is 0 Å². The van der Waals surface area contributed by atoms with E-state index in [2.05, 4.69) is 0 Å². The van der Waals surface area contributed by atoms with Crippen LogP contribution in [0.4, 0.5) is 13.2 Å². The predicted octanol–water partition coefficient (Wildman–Crippen LogP) is 2.05. The van der Waals surface area contributed by atoms with Crippen LogP contribution >= 0.6 is 0 Å². The Morgan fingerprint density at radius 1 is 1.32 bits per heavy atom. The van der Waals surface area contributed by atoms with Gasteiger partial charge in [-0.1, -0.05) is 12.1 Å². The summed E-state index contributed by atoms with van der Waals surface area (Å²) in [7, 11) is 1.63. The third kappa shape index (κ3) is 4.24. The highest BCUT2D eigenvalue weighted by Gasteiger charge is 2.30. The molecular formula is C13H17F3N2O. The van der Waals surface area contributed by atoms with E-state index in [1.165, 1.54) is 17.0 Å². The zero-order chi connectivity index (χ0) is 14.6. The van der Waals surface area contributed by atoms with E-state index in [-0.39, 0.29) is 18.4 Å². The standard InChI is InChI=1S/C13H17F3N2O/c1-9(8-17)18(2)12(19)7-10-3-5-11(6-4-10)13(14,15)16/h3-6,9H,7-8,17H2,1-2H3. The molecule has 1 aromatic rings. The molecule has 2 N–H and O–H groups in total. The van der Waals surface area contributed by atoms with Crippen molar-refractivity contribution in [2.75, 3.05) is 13.6 Å². The van der Waals surface area contributed by atoms with Gasteiger partial charge in [0.1, 0.15) is 0 Å². The zero-order valence-electron chi connectivity index (χ0n) is 10.9. The topological polar surface area (TPSA) is 46.3 Å². The molecule has 1 amide bonds. The monoisotopic (exact) mass is 274 g/mol. The number of carbonyl (C=O) groups is 1. The summed E-state index contributed by atoms with van der Waals surface area (Å²) in [5.41, 5.74) is 5.29. The van der Waals surface area contributed by atoms with Gasteiger partial charge in [0.2, 0.25) is 5.91 Å². The molecule has 0 saturated carbocycles. The van der Waals surface area contributed by atoms with Gasteiger partial charge >= 0.3 is 6.18 Å². The molecule has 1 rings (SSSR count). The van der Waals surface area contributed by atoms with Crippen LogP contribution in [0.25, 0.3) is 0 Å². The number of alkyl halides is 3. The van der Waals surface area contributed by atoms with E-state index < -0.39 is 11.7 Å². The lowest BCUT2D eigenvalue weighted by Gasteiger charge is -2.23. The summed E-state index contributed by atoms with van der Waals surface area (Å²) < 4.78 is 37.1. The van der Waals surface area contributed by atoms with Crippen LogP contribution in [0.5, 0.6) is 0 Å². The second kappa shape index (κ2) is 6.06. The molecule has 0 radical (unpaired) electrons. The fourth-order valence-electron chi connectivity index (χ4n) is 1.51. The fourth-order valence-corrected chi connectivity index (χ4v) is 1.51. The first-order chi connectivity index (χ1) is 8.75. The van der Waals surface area contributed by atoms with Gasteiger partial charge in [0.05, 0.1) is 12.0 Å². The van der Waals surface area contributed by atoms with E-state index in [1.807, 2.05) is 6.92 Å². The highest BCUT2D eigenvalue weighted by atomic mass is 19.4. The summed E-state index contributed by atoms with van der Waals surface area (Å²) in [5.74, 6) is -0.169. The zero-order valence-corrected chi connectivity index (χ0v) is 10.9. The van der Waals surface area contributed by atoms with E-state index in [9.17, 15) is 18.0 Å². The average molecular weight is 274 g/mol. The van der Waals surface area contributed by atoms with Crippen LogP contribution in [-0.4, -0.2) is 30.4 Å². The highest BCUT2D eigenvalue weighted by molar-refractivity contribution is 5.78. The van der Waals surface area contributed by atoms with Crippen LogP contribution in [-0.2, 0) is 17.4 Å². The molecule has 3 nitrogen and oxygen atoms in total.